The van der Waals surface area contributed by atoms with Crippen LogP contribution in [0.3, 0.4) is 0 Å². The zero-order chi connectivity index (χ0) is 13.0. The van der Waals surface area contributed by atoms with E-state index in [4.69, 9.17) is 0 Å². The Labute approximate surface area is 115 Å². The van der Waals surface area contributed by atoms with Gasteiger partial charge < -0.3 is 5.32 Å². The van der Waals surface area contributed by atoms with Gasteiger partial charge >= 0.3 is 0 Å². The van der Waals surface area contributed by atoms with Gasteiger partial charge in [0.2, 0.25) is 0 Å². The van der Waals surface area contributed by atoms with Crippen LogP contribution in [0.2, 0.25) is 0 Å². The first-order valence-electron chi connectivity index (χ1n) is 7.10. The van der Waals surface area contributed by atoms with Gasteiger partial charge in [-0.15, -0.1) is 0 Å². The highest BCUT2D eigenvalue weighted by Gasteiger charge is 2.26. The third kappa shape index (κ3) is 3.09. The second-order valence-corrected chi connectivity index (χ2v) is 6.07. The first-order chi connectivity index (χ1) is 8.78. The fraction of sp³-hybridized carbons (Fsp3) is 0.786. The molecule has 1 saturated carbocycles. The van der Waals surface area contributed by atoms with Gasteiger partial charge in [-0.25, -0.2) is 0 Å². The monoisotopic (exact) mass is 267 g/mol. The van der Waals surface area contributed by atoms with Crippen molar-refractivity contribution in [3.05, 3.63) is 17.5 Å². The summed E-state index contributed by atoms with van der Waals surface area (Å²) in [5, 5.41) is 9.13. The normalized spacial score (nSPS) is 23.7. The second kappa shape index (κ2) is 6.62. The van der Waals surface area contributed by atoms with Crippen molar-refractivity contribution >= 4 is 11.8 Å². The molecule has 1 N–H and O–H groups in total. The predicted molar refractivity (Wildman–Crippen MR) is 79.1 cm³/mol. The summed E-state index contributed by atoms with van der Waals surface area (Å²) >= 11 is 2.01. The molecule has 0 radical (unpaired) electrons. The van der Waals surface area contributed by atoms with Crippen molar-refractivity contribution in [1.29, 1.82) is 0 Å². The van der Waals surface area contributed by atoms with Gasteiger partial charge in [0.05, 0.1) is 11.4 Å². The lowest BCUT2D eigenvalue weighted by Gasteiger charge is -2.19. The molecule has 1 aromatic rings. The van der Waals surface area contributed by atoms with Gasteiger partial charge in [0, 0.05) is 24.4 Å². The van der Waals surface area contributed by atoms with E-state index < -0.39 is 0 Å². The van der Waals surface area contributed by atoms with E-state index in [9.17, 15) is 0 Å². The van der Waals surface area contributed by atoms with Crippen LogP contribution < -0.4 is 5.32 Å². The van der Waals surface area contributed by atoms with E-state index >= 15 is 0 Å². The first kappa shape index (κ1) is 13.9. The Balaban J connectivity index is 1.94. The van der Waals surface area contributed by atoms with Crippen molar-refractivity contribution in [3.63, 3.8) is 0 Å². The Morgan fingerprint density at radius 2 is 2.28 bits per heavy atom. The largest absolute Gasteiger partial charge is 0.307 e. The molecule has 18 heavy (non-hydrogen) atoms. The fourth-order valence-corrected chi connectivity index (χ4v) is 3.74. The lowest BCUT2D eigenvalue weighted by Crippen LogP contribution is -2.34. The summed E-state index contributed by atoms with van der Waals surface area (Å²) in [6.45, 7) is 6.26. The zero-order valence-corrected chi connectivity index (χ0v) is 12.6. The summed E-state index contributed by atoms with van der Waals surface area (Å²) < 4.78 is 2.13. The van der Waals surface area contributed by atoms with Crippen molar-refractivity contribution in [3.8, 4) is 0 Å². The topological polar surface area (TPSA) is 29.9 Å². The van der Waals surface area contributed by atoms with Crippen molar-refractivity contribution in [2.45, 2.75) is 63.9 Å². The molecular formula is C14H25N3S. The smallest absolute Gasteiger partial charge is 0.0625 e. The predicted octanol–water partition coefficient (Wildman–Crippen LogP) is 2.84. The zero-order valence-electron chi connectivity index (χ0n) is 11.8. The SMILES string of the molecule is CCc1cc(CNC2CCCC2SC)n(CC)n1. The maximum Gasteiger partial charge on any atom is 0.0625 e. The van der Waals surface area contributed by atoms with Crippen LogP contribution in [0.15, 0.2) is 6.07 Å². The molecule has 4 heteroatoms. The molecule has 102 valence electrons. The van der Waals surface area contributed by atoms with Crippen molar-refractivity contribution in [1.82, 2.24) is 15.1 Å². The van der Waals surface area contributed by atoms with Crippen LogP contribution in [-0.4, -0.2) is 27.3 Å². The van der Waals surface area contributed by atoms with E-state index in [1.54, 1.807) is 0 Å². The molecule has 2 unspecified atom stereocenters. The third-order valence-corrected chi connectivity index (χ3v) is 5.05. The molecule has 1 aliphatic carbocycles. The number of aromatic nitrogens is 2. The first-order valence-corrected chi connectivity index (χ1v) is 8.39. The molecule has 2 atom stereocenters. The molecule has 1 fully saturated rings. The maximum atomic E-state index is 4.60. The Bertz CT molecular complexity index is 375. The summed E-state index contributed by atoms with van der Waals surface area (Å²) in [5.74, 6) is 0. The highest BCUT2D eigenvalue weighted by atomic mass is 32.2. The Morgan fingerprint density at radius 3 is 2.94 bits per heavy atom. The number of nitrogens with zero attached hydrogens (tertiary/aromatic N) is 2. The van der Waals surface area contributed by atoms with Gasteiger partial charge in [0.1, 0.15) is 0 Å². The van der Waals surface area contributed by atoms with Gasteiger partial charge in [-0.3, -0.25) is 4.68 Å². The lowest BCUT2D eigenvalue weighted by atomic mass is 10.2. The van der Waals surface area contributed by atoms with Crippen LogP contribution in [0.25, 0.3) is 0 Å². The van der Waals surface area contributed by atoms with Crippen LogP contribution in [0, 0.1) is 0 Å². The minimum atomic E-state index is 0.685. The third-order valence-electron chi connectivity index (χ3n) is 3.88. The molecule has 0 aliphatic heterocycles. The molecule has 1 aromatic heterocycles. The number of nitrogens with one attached hydrogen (secondary N) is 1. The van der Waals surface area contributed by atoms with Crippen molar-refractivity contribution in [2.24, 2.45) is 0 Å². The van der Waals surface area contributed by atoms with Crippen LogP contribution >= 0.6 is 11.8 Å². The number of aryl methyl sites for hydroxylation is 2. The number of rotatable bonds is 6. The maximum absolute atomic E-state index is 4.60. The minimum Gasteiger partial charge on any atom is -0.307 e. The van der Waals surface area contributed by atoms with Crippen LogP contribution in [0.5, 0.6) is 0 Å². The fourth-order valence-electron chi connectivity index (χ4n) is 2.78. The van der Waals surface area contributed by atoms with Gasteiger partial charge in [-0.1, -0.05) is 13.3 Å². The van der Waals surface area contributed by atoms with Gasteiger partial charge in [0.25, 0.3) is 0 Å². The quantitative estimate of drug-likeness (QED) is 0.859. The van der Waals surface area contributed by atoms with Crippen LogP contribution in [-0.2, 0) is 19.5 Å². The summed E-state index contributed by atoms with van der Waals surface area (Å²) in [6.07, 6.45) is 7.32. The van der Waals surface area contributed by atoms with Crippen molar-refractivity contribution in [2.75, 3.05) is 6.26 Å². The summed E-state index contributed by atoms with van der Waals surface area (Å²) in [6, 6.07) is 2.93. The van der Waals surface area contributed by atoms with Crippen molar-refractivity contribution < 1.29 is 0 Å². The van der Waals surface area contributed by atoms with E-state index in [1.807, 2.05) is 11.8 Å². The number of hydrogen-bond acceptors (Lipinski definition) is 3. The minimum absolute atomic E-state index is 0.685. The molecule has 3 nitrogen and oxygen atoms in total. The van der Waals surface area contributed by atoms with E-state index in [-0.39, 0.29) is 0 Å². The van der Waals surface area contributed by atoms with Crippen LogP contribution in [0.1, 0.15) is 44.5 Å². The average molecular weight is 267 g/mol. The second-order valence-electron chi connectivity index (χ2n) is 4.99. The Hall–Kier alpha value is -0.480. The standard InChI is InChI=1S/C14H25N3S/c1-4-11-9-12(17(5-2)16-11)10-15-13-7-6-8-14(13)18-3/h9,13-15H,4-8,10H2,1-3H3. The van der Waals surface area contributed by atoms with Gasteiger partial charge in [-0.05, 0) is 38.5 Å². The number of hydrogen-bond donors (Lipinski definition) is 1. The van der Waals surface area contributed by atoms with E-state index in [0.717, 1.165) is 24.8 Å². The molecule has 0 spiro atoms. The lowest BCUT2D eigenvalue weighted by molar-refractivity contribution is 0.504. The highest BCUT2D eigenvalue weighted by molar-refractivity contribution is 7.99. The molecule has 1 aliphatic rings. The van der Waals surface area contributed by atoms with E-state index in [1.165, 1.54) is 30.7 Å². The molecular weight excluding hydrogens is 242 g/mol. The molecule has 2 rings (SSSR count). The highest BCUT2D eigenvalue weighted by Crippen LogP contribution is 2.28. The van der Waals surface area contributed by atoms with E-state index in [2.05, 4.69) is 41.3 Å². The Morgan fingerprint density at radius 1 is 1.44 bits per heavy atom. The molecule has 0 bridgehead atoms. The van der Waals surface area contributed by atoms with E-state index in [0.29, 0.717) is 6.04 Å². The number of thioether (sulfide) groups is 1. The summed E-state index contributed by atoms with van der Waals surface area (Å²) in [5.41, 5.74) is 2.54. The van der Waals surface area contributed by atoms with Gasteiger partial charge in [0.15, 0.2) is 0 Å². The molecule has 0 aromatic carbocycles. The summed E-state index contributed by atoms with van der Waals surface area (Å²) in [7, 11) is 0. The average Bonchev–Trinajstić information content (AvgIpc) is 3.01. The molecule has 0 amide bonds. The van der Waals surface area contributed by atoms with Gasteiger partial charge in [-0.2, -0.15) is 16.9 Å². The Kier molecular flexibility index (Phi) is 5.13. The molecule has 0 saturated heterocycles. The molecule has 1 heterocycles. The van der Waals surface area contributed by atoms with Crippen LogP contribution in [0.4, 0.5) is 0 Å². The summed E-state index contributed by atoms with van der Waals surface area (Å²) in [4.78, 5) is 0.